The number of carbonyl (C=O) groups excluding carboxylic acids is 2. The van der Waals surface area contributed by atoms with E-state index in [4.69, 9.17) is 24.4 Å². The van der Waals surface area contributed by atoms with E-state index in [1.807, 2.05) is 12.1 Å². The maximum absolute atomic E-state index is 12.4. The minimum atomic E-state index is -0.800. The summed E-state index contributed by atoms with van der Waals surface area (Å²) in [4.78, 5) is 30.7. The van der Waals surface area contributed by atoms with Gasteiger partial charge in [-0.05, 0) is 44.2 Å². The van der Waals surface area contributed by atoms with E-state index in [1.54, 1.807) is 44.1 Å². The number of fused-ring (bicyclic) bond motifs is 1. The van der Waals surface area contributed by atoms with Gasteiger partial charge in [-0.25, -0.2) is 20.0 Å². The number of amides is 2. The maximum Gasteiger partial charge on any atom is 0.429 e. The Kier molecular flexibility index (Phi) is 6.98. The molecule has 1 aliphatic rings. The third-order valence-corrected chi connectivity index (χ3v) is 4.42. The van der Waals surface area contributed by atoms with Gasteiger partial charge >= 0.3 is 12.2 Å². The monoisotopic (exact) mass is 431 g/mol. The first-order valence-electron chi connectivity index (χ1n) is 9.70. The predicted octanol–water partition coefficient (Wildman–Crippen LogP) is 2.92. The summed E-state index contributed by atoms with van der Waals surface area (Å²) < 4.78 is 20.6. The molecule has 2 heterocycles. The van der Waals surface area contributed by atoms with Crippen LogP contribution in [0.25, 0.3) is 0 Å². The number of methoxy groups -OCH3 is 1. The van der Waals surface area contributed by atoms with Gasteiger partial charge < -0.3 is 29.3 Å². The summed E-state index contributed by atoms with van der Waals surface area (Å²) in [6, 6.07) is 8.92. The van der Waals surface area contributed by atoms with E-state index in [0.29, 0.717) is 28.7 Å². The average Bonchev–Trinajstić information content (AvgIpc) is 3.23. The molecule has 0 saturated heterocycles. The highest BCUT2D eigenvalue weighted by Crippen LogP contribution is 2.36. The second-order valence-corrected chi connectivity index (χ2v) is 6.34. The van der Waals surface area contributed by atoms with E-state index < -0.39 is 18.4 Å². The van der Waals surface area contributed by atoms with E-state index in [2.05, 4.69) is 10.4 Å². The van der Waals surface area contributed by atoms with Crippen LogP contribution in [0.2, 0.25) is 0 Å². The van der Waals surface area contributed by atoms with Crippen molar-refractivity contribution in [3.05, 3.63) is 42.2 Å². The molecular weight excluding hydrogens is 406 g/mol. The molecule has 3 N–H and O–H groups in total. The smallest absolute Gasteiger partial charge is 0.429 e. The molecule has 0 radical (unpaired) electrons. The number of amidine groups is 1. The number of nitrogens with zero attached hydrogens (tertiary/aromatic N) is 3. The number of hydrazine groups is 1. The highest BCUT2D eigenvalue weighted by Gasteiger charge is 2.33. The predicted molar refractivity (Wildman–Crippen MR) is 112 cm³/mol. The number of ether oxygens (including phenoxy) is 3. The lowest BCUT2D eigenvalue weighted by atomic mass is 10.1. The Morgan fingerprint density at radius 3 is 2.55 bits per heavy atom. The van der Waals surface area contributed by atoms with Gasteiger partial charge in [0.1, 0.15) is 24.3 Å². The van der Waals surface area contributed by atoms with Crippen LogP contribution in [0.3, 0.4) is 0 Å². The molecule has 31 heavy (non-hydrogen) atoms. The van der Waals surface area contributed by atoms with Crippen LogP contribution in [-0.2, 0) is 9.47 Å². The minimum absolute atomic E-state index is 0.121. The average molecular weight is 431 g/mol. The molecular formula is C20H25N5O6. The fraction of sp³-hybridized carbons (Fsp3) is 0.350. The molecule has 11 nitrogen and oxygen atoms in total. The molecule has 1 unspecified atom stereocenters. The van der Waals surface area contributed by atoms with E-state index in [1.165, 1.54) is 6.26 Å². The summed E-state index contributed by atoms with van der Waals surface area (Å²) >= 11 is 0. The summed E-state index contributed by atoms with van der Waals surface area (Å²) in [5, 5.41) is 0.970. The fourth-order valence-electron chi connectivity index (χ4n) is 3.03. The molecule has 1 aromatic carbocycles. The molecule has 0 saturated carbocycles. The number of rotatable bonds is 6. The number of benzene rings is 1. The highest BCUT2D eigenvalue weighted by atomic mass is 16.6. The first-order chi connectivity index (χ1) is 15.0. The van der Waals surface area contributed by atoms with Crippen LogP contribution in [0.1, 0.15) is 25.6 Å². The first-order valence-corrected chi connectivity index (χ1v) is 9.70. The van der Waals surface area contributed by atoms with E-state index >= 15 is 0 Å². The SMILES string of the molecule is CCOC(=O)NN(CC1=Nc2occc2C(N)N1c1ccc(OC)cc1)C(=O)OCC. The van der Waals surface area contributed by atoms with Gasteiger partial charge in [0.05, 0.1) is 32.2 Å². The second kappa shape index (κ2) is 9.85. The molecule has 1 aliphatic heterocycles. The zero-order valence-electron chi connectivity index (χ0n) is 17.5. The molecule has 166 valence electrons. The van der Waals surface area contributed by atoms with Crippen LogP contribution in [0.4, 0.5) is 21.2 Å². The summed E-state index contributed by atoms with van der Waals surface area (Å²) in [7, 11) is 1.57. The van der Waals surface area contributed by atoms with Crippen molar-refractivity contribution < 1.29 is 28.2 Å². The standard InChI is InChI=1S/C20H25N5O6/c1-4-29-19(26)23-24(20(27)30-5-2)12-16-22-18-15(10-11-31-18)17(21)25(16)13-6-8-14(28-3)9-7-13/h6-11,17H,4-5,12,21H2,1-3H3,(H,23,26). The van der Waals surface area contributed by atoms with Gasteiger partial charge in [-0.3, -0.25) is 0 Å². The Morgan fingerprint density at radius 2 is 1.90 bits per heavy atom. The van der Waals surface area contributed by atoms with Gasteiger partial charge in [-0.15, -0.1) is 0 Å². The van der Waals surface area contributed by atoms with Gasteiger partial charge in [-0.2, -0.15) is 4.99 Å². The van der Waals surface area contributed by atoms with Gasteiger partial charge in [0, 0.05) is 5.69 Å². The Morgan fingerprint density at radius 1 is 1.19 bits per heavy atom. The Hall–Kier alpha value is -3.73. The van der Waals surface area contributed by atoms with Gasteiger partial charge in [0.25, 0.3) is 0 Å². The second-order valence-electron chi connectivity index (χ2n) is 6.34. The molecule has 1 aromatic heterocycles. The fourth-order valence-corrected chi connectivity index (χ4v) is 3.03. The first kappa shape index (κ1) is 22.0. The van der Waals surface area contributed by atoms with Crippen LogP contribution in [-0.4, -0.2) is 49.9 Å². The van der Waals surface area contributed by atoms with Crippen molar-refractivity contribution in [3.8, 4) is 5.75 Å². The highest BCUT2D eigenvalue weighted by molar-refractivity contribution is 6.03. The molecule has 0 aliphatic carbocycles. The third kappa shape index (κ3) is 4.89. The molecule has 1 atom stereocenters. The number of hydrogen-bond acceptors (Lipinski definition) is 9. The maximum atomic E-state index is 12.4. The lowest BCUT2D eigenvalue weighted by molar-refractivity contribution is 0.0805. The molecule has 0 bridgehead atoms. The summed E-state index contributed by atoms with van der Waals surface area (Å²) in [5.74, 6) is 1.35. The number of aliphatic imine (C=N–C) groups is 1. The van der Waals surface area contributed by atoms with E-state index in [-0.39, 0.29) is 19.8 Å². The van der Waals surface area contributed by atoms with E-state index in [9.17, 15) is 9.59 Å². The van der Waals surface area contributed by atoms with Crippen molar-refractivity contribution >= 4 is 29.6 Å². The van der Waals surface area contributed by atoms with Crippen molar-refractivity contribution in [2.24, 2.45) is 10.7 Å². The summed E-state index contributed by atoms with van der Waals surface area (Å²) in [6.45, 7) is 3.42. The molecule has 0 spiro atoms. The lowest BCUT2D eigenvalue weighted by Gasteiger charge is -2.36. The summed E-state index contributed by atoms with van der Waals surface area (Å²) in [5.41, 5.74) is 10.3. The Balaban J connectivity index is 1.96. The normalized spacial score (nSPS) is 14.9. The van der Waals surface area contributed by atoms with Crippen LogP contribution < -0.4 is 20.8 Å². The molecule has 3 rings (SSSR count). The topological polar surface area (TPSA) is 132 Å². The molecule has 2 aromatic rings. The van der Waals surface area contributed by atoms with Crippen LogP contribution in [0.15, 0.2) is 46.0 Å². The number of anilines is 1. The minimum Gasteiger partial charge on any atom is -0.497 e. The van der Waals surface area contributed by atoms with Crippen LogP contribution in [0, 0.1) is 0 Å². The zero-order chi connectivity index (χ0) is 22.4. The van der Waals surface area contributed by atoms with Crippen LogP contribution in [0.5, 0.6) is 5.75 Å². The number of carbonyl (C=O) groups is 2. The van der Waals surface area contributed by atoms with Crippen molar-refractivity contribution in [1.29, 1.82) is 0 Å². The van der Waals surface area contributed by atoms with Gasteiger partial charge in [0.15, 0.2) is 0 Å². The quantitative estimate of drug-likeness (QED) is 0.667. The Bertz CT molecular complexity index is 942. The number of furan rings is 1. The van der Waals surface area contributed by atoms with Crippen molar-refractivity contribution in [2.75, 3.05) is 31.8 Å². The Labute approximate surface area is 179 Å². The van der Waals surface area contributed by atoms with E-state index in [0.717, 1.165) is 5.01 Å². The van der Waals surface area contributed by atoms with Gasteiger partial charge in [-0.1, -0.05) is 0 Å². The largest absolute Gasteiger partial charge is 0.497 e. The number of nitrogens with one attached hydrogen (secondary N) is 1. The van der Waals surface area contributed by atoms with Crippen molar-refractivity contribution in [1.82, 2.24) is 10.4 Å². The van der Waals surface area contributed by atoms with Crippen molar-refractivity contribution in [3.63, 3.8) is 0 Å². The molecule has 2 amide bonds. The lowest BCUT2D eigenvalue weighted by Crippen LogP contribution is -2.53. The summed E-state index contributed by atoms with van der Waals surface area (Å²) in [6.07, 6.45) is -0.720. The van der Waals surface area contributed by atoms with Gasteiger partial charge in [0.2, 0.25) is 5.88 Å². The number of hydrogen-bond donors (Lipinski definition) is 2. The van der Waals surface area contributed by atoms with Crippen LogP contribution >= 0.6 is 0 Å². The molecule has 11 heteroatoms. The third-order valence-electron chi connectivity index (χ3n) is 4.42. The van der Waals surface area contributed by atoms with Crippen molar-refractivity contribution in [2.45, 2.75) is 20.0 Å². The number of nitrogens with two attached hydrogens (primary N) is 1. The molecule has 0 fully saturated rings. The zero-order valence-corrected chi connectivity index (χ0v) is 17.5.